The molecule has 4 heteroatoms. The van der Waals surface area contributed by atoms with E-state index in [4.69, 9.17) is 4.74 Å². The molecule has 1 saturated heterocycles. The van der Waals surface area contributed by atoms with Crippen molar-refractivity contribution in [2.45, 2.75) is 33.4 Å². The van der Waals surface area contributed by atoms with Crippen LogP contribution in [-0.4, -0.2) is 43.0 Å². The van der Waals surface area contributed by atoms with Gasteiger partial charge in [-0.1, -0.05) is 0 Å². The van der Waals surface area contributed by atoms with Gasteiger partial charge in [-0.05, 0) is 39.0 Å². The lowest BCUT2D eigenvalue weighted by Gasteiger charge is -2.32. The number of ether oxygens (including phenoxy) is 1. The SMILES string of the molecule is CCOc1ccc(C(C)=O)cc1CN1CCN[C@@H](C)C1. The Morgan fingerprint density at radius 1 is 1.50 bits per heavy atom. The molecule has 0 bridgehead atoms. The molecule has 20 heavy (non-hydrogen) atoms. The van der Waals surface area contributed by atoms with Gasteiger partial charge in [-0.2, -0.15) is 0 Å². The van der Waals surface area contributed by atoms with E-state index in [2.05, 4.69) is 17.1 Å². The number of nitrogens with one attached hydrogen (secondary N) is 1. The zero-order valence-corrected chi connectivity index (χ0v) is 12.6. The van der Waals surface area contributed by atoms with Crippen molar-refractivity contribution in [3.63, 3.8) is 0 Å². The molecule has 2 rings (SSSR count). The summed E-state index contributed by atoms with van der Waals surface area (Å²) in [6, 6.07) is 6.24. The van der Waals surface area contributed by atoms with Gasteiger partial charge < -0.3 is 10.1 Å². The minimum atomic E-state index is 0.1000. The van der Waals surface area contributed by atoms with Crippen LogP contribution in [0.1, 0.15) is 36.7 Å². The van der Waals surface area contributed by atoms with Crippen LogP contribution in [0.3, 0.4) is 0 Å². The molecule has 0 unspecified atom stereocenters. The first kappa shape index (κ1) is 15.0. The van der Waals surface area contributed by atoms with Crippen LogP contribution >= 0.6 is 0 Å². The molecule has 0 aliphatic carbocycles. The summed E-state index contributed by atoms with van der Waals surface area (Å²) in [6.45, 7) is 10.3. The van der Waals surface area contributed by atoms with Crippen LogP contribution < -0.4 is 10.1 Å². The molecule has 4 nitrogen and oxygen atoms in total. The summed E-state index contributed by atoms with van der Waals surface area (Å²) in [7, 11) is 0. The monoisotopic (exact) mass is 276 g/mol. The molecule has 110 valence electrons. The van der Waals surface area contributed by atoms with E-state index < -0.39 is 0 Å². The molecule has 1 atom stereocenters. The van der Waals surface area contributed by atoms with Gasteiger partial charge in [0.15, 0.2) is 5.78 Å². The largest absolute Gasteiger partial charge is 0.494 e. The Morgan fingerprint density at radius 3 is 2.95 bits per heavy atom. The maximum absolute atomic E-state index is 11.5. The number of benzene rings is 1. The van der Waals surface area contributed by atoms with E-state index in [1.165, 1.54) is 0 Å². The second-order valence-electron chi connectivity index (χ2n) is 5.40. The van der Waals surface area contributed by atoms with Crippen molar-refractivity contribution in [2.24, 2.45) is 0 Å². The number of nitrogens with zero attached hydrogens (tertiary/aromatic N) is 1. The highest BCUT2D eigenvalue weighted by atomic mass is 16.5. The Labute approximate surface area is 121 Å². The van der Waals surface area contributed by atoms with Crippen molar-refractivity contribution in [1.29, 1.82) is 0 Å². The zero-order chi connectivity index (χ0) is 14.5. The number of carbonyl (C=O) groups is 1. The van der Waals surface area contributed by atoms with E-state index in [1.807, 2.05) is 25.1 Å². The van der Waals surface area contributed by atoms with Crippen LogP contribution in [0.4, 0.5) is 0 Å². The van der Waals surface area contributed by atoms with Gasteiger partial charge in [0.05, 0.1) is 6.61 Å². The van der Waals surface area contributed by atoms with Crippen LogP contribution in [0.15, 0.2) is 18.2 Å². The Bertz CT molecular complexity index is 474. The van der Waals surface area contributed by atoms with Crippen LogP contribution in [0, 0.1) is 0 Å². The minimum Gasteiger partial charge on any atom is -0.494 e. The normalized spacial score (nSPS) is 19.9. The van der Waals surface area contributed by atoms with Crippen LogP contribution in [0.5, 0.6) is 5.75 Å². The van der Waals surface area contributed by atoms with Crippen molar-refractivity contribution in [1.82, 2.24) is 10.2 Å². The summed E-state index contributed by atoms with van der Waals surface area (Å²) in [5.41, 5.74) is 1.86. The number of carbonyl (C=O) groups excluding carboxylic acids is 1. The van der Waals surface area contributed by atoms with E-state index in [1.54, 1.807) is 6.92 Å². The van der Waals surface area contributed by atoms with Gasteiger partial charge in [-0.25, -0.2) is 0 Å². The van der Waals surface area contributed by atoms with Gasteiger partial charge in [-0.3, -0.25) is 9.69 Å². The molecule has 1 heterocycles. The van der Waals surface area contributed by atoms with Crippen molar-refractivity contribution >= 4 is 5.78 Å². The average Bonchev–Trinajstić information content (AvgIpc) is 2.41. The third kappa shape index (κ3) is 3.81. The Balaban J connectivity index is 2.18. The third-order valence-corrected chi connectivity index (χ3v) is 3.61. The van der Waals surface area contributed by atoms with Gasteiger partial charge in [0.1, 0.15) is 5.75 Å². The predicted molar refractivity (Wildman–Crippen MR) is 80.4 cm³/mol. The van der Waals surface area contributed by atoms with Crippen molar-refractivity contribution in [3.05, 3.63) is 29.3 Å². The molecule has 1 fully saturated rings. The Hall–Kier alpha value is -1.39. The average molecular weight is 276 g/mol. The quantitative estimate of drug-likeness (QED) is 0.836. The van der Waals surface area contributed by atoms with Crippen molar-refractivity contribution in [2.75, 3.05) is 26.2 Å². The molecular weight excluding hydrogens is 252 g/mol. The predicted octanol–water partition coefficient (Wildman–Crippen LogP) is 2.08. The van der Waals surface area contributed by atoms with Crippen LogP contribution in [0.25, 0.3) is 0 Å². The number of ketones is 1. The third-order valence-electron chi connectivity index (χ3n) is 3.61. The maximum atomic E-state index is 11.5. The van der Waals surface area contributed by atoms with E-state index in [0.717, 1.165) is 43.1 Å². The second kappa shape index (κ2) is 6.86. The fraction of sp³-hybridized carbons (Fsp3) is 0.562. The summed E-state index contributed by atoms with van der Waals surface area (Å²) >= 11 is 0. The number of Topliss-reactive ketones (excluding diaryl/α,β-unsaturated/α-hetero) is 1. The fourth-order valence-electron chi connectivity index (χ4n) is 2.62. The topological polar surface area (TPSA) is 41.6 Å². The zero-order valence-electron chi connectivity index (χ0n) is 12.6. The van der Waals surface area contributed by atoms with E-state index in [-0.39, 0.29) is 5.78 Å². The lowest BCUT2D eigenvalue weighted by molar-refractivity contribution is 0.101. The summed E-state index contributed by atoms with van der Waals surface area (Å²) < 4.78 is 5.69. The lowest BCUT2D eigenvalue weighted by Crippen LogP contribution is -2.48. The van der Waals surface area contributed by atoms with Crippen molar-refractivity contribution < 1.29 is 9.53 Å². The van der Waals surface area contributed by atoms with Gasteiger partial charge in [0.2, 0.25) is 0 Å². The smallest absolute Gasteiger partial charge is 0.159 e. The number of hydrogen-bond acceptors (Lipinski definition) is 4. The fourth-order valence-corrected chi connectivity index (χ4v) is 2.62. The highest BCUT2D eigenvalue weighted by Gasteiger charge is 2.17. The first-order valence-electron chi connectivity index (χ1n) is 7.32. The standard InChI is InChI=1S/C16H24N2O2/c1-4-20-16-6-5-14(13(3)19)9-15(16)11-18-8-7-17-12(2)10-18/h5-6,9,12,17H,4,7-8,10-11H2,1-3H3/t12-/m0/s1. The van der Waals surface area contributed by atoms with Gasteiger partial charge in [0.25, 0.3) is 0 Å². The lowest BCUT2D eigenvalue weighted by atomic mass is 10.1. The van der Waals surface area contributed by atoms with Gasteiger partial charge >= 0.3 is 0 Å². The first-order valence-corrected chi connectivity index (χ1v) is 7.32. The van der Waals surface area contributed by atoms with Gasteiger partial charge in [0, 0.05) is 43.3 Å². The molecule has 0 amide bonds. The molecule has 0 saturated carbocycles. The van der Waals surface area contributed by atoms with Gasteiger partial charge in [-0.15, -0.1) is 0 Å². The number of rotatable bonds is 5. The first-order chi connectivity index (χ1) is 9.60. The van der Waals surface area contributed by atoms with Crippen molar-refractivity contribution in [3.8, 4) is 5.75 Å². The Morgan fingerprint density at radius 2 is 2.30 bits per heavy atom. The highest BCUT2D eigenvalue weighted by molar-refractivity contribution is 5.94. The molecule has 1 aromatic carbocycles. The second-order valence-corrected chi connectivity index (χ2v) is 5.40. The summed E-state index contributed by atoms with van der Waals surface area (Å²) in [5, 5.41) is 3.44. The summed E-state index contributed by atoms with van der Waals surface area (Å²) in [6.07, 6.45) is 0. The molecule has 0 radical (unpaired) electrons. The van der Waals surface area contributed by atoms with Crippen LogP contribution in [-0.2, 0) is 6.54 Å². The molecule has 0 aromatic heterocycles. The molecule has 0 spiro atoms. The number of piperazine rings is 1. The molecule has 1 N–H and O–H groups in total. The molecule has 1 aromatic rings. The van der Waals surface area contributed by atoms with E-state index in [0.29, 0.717) is 12.6 Å². The highest BCUT2D eigenvalue weighted by Crippen LogP contribution is 2.23. The molecular formula is C16H24N2O2. The van der Waals surface area contributed by atoms with E-state index in [9.17, 15) is 4.79 Å². The summed E-state index contributed by atoms with van der Waals surface area (Å²) in [5.74, 6) is 0.992. The molecule has 1 aliphatic heterocycles. The Kier molecular flexibility index (Phi) is 5.15. The number of hydrogen-bond donors (Lipinski definition) is 1. The maximum Gasteiger partial charge on any atom is 0.159 e. The molecule has 1 aliphatic rings. The summed E-state index contributed by atoms with van der Waals surface area (Å²) in [4.78, 5) is 14.0. The minimum absolute atomic E-state index is 0.1000. The van der Waals surface area contributed by atoms with Crippen LogP contribution in [0.2, 0.25) is 0 Å². The van der Waals surface area contributed by atoms with E-state index >= 15 is 0 Å².